The number of nitrogen functional groups attached to an aromatic ring is 1. The number of nitrogens with zero attached hydrogens (tertiary/aromatic N) is 4. The number of carbonyl (C=O) groups excluding carboxylic acids is 2. The molecule has 2 N–H and O–H groups in total. The van der Waals surface area contributed by atoms with Crippen LogP contribution in [0.3, 0.4) is 0 Å². The maximum atomic E-state index is 13.6. The van der Waals surface area contributed by atoms with Gasteiger partial charge in [-0.2, -0.15) is 4.98 Å². The number of fused-ring (bicyclic) bond motifs is 1. The Morgan fingerprint density at radius 3 is 2.03 bits per heavy atom. The second kappa shape index (κ2) is 10.5. The Kier molecular flexibility index (Phi) is 8.29. The van der Waals surface area contributed by atoms with Crippen molar-refractivity contribution in [2.75, 3.05) is 25.7 Å². The van der Waals surface area contributed by atoms with E-state index in [1.54, 1.807) is 52.4 Å². The lowest BCUT2D eigenvalue weighted by molar-refractivity contribution is -0.162. The molecule has 2 aromatic heterocycles. The van der Waals surface area contributed by atoms with Gasteiger partial charge >= 0.3 is 19.5 Å². The van der Waals surface area contributed by atoms with Crippen LogP contribution in [0.15, 0.2) is 12.5 Å². The van der Waals surface area contributed by atoms with Gasteiger partial charge in [-0.3, -0.25) is 23.2 Å². The second-order valence-corrected chi connectivity index (χ2v) is 14.1. The van der Waals surface area contributed by atoms with Gasteiger partial charge in [0.05, 0.1) is 35.5 Å². The van der Waals surface area contributed by atoms with Gasteiger partial charge in [0.2, 0.25) is 19.5 Å². The van der Waals surface area contributed by atoms with Gasteiger partial charge in [-0.05, 0) is 53.4 Å². The van der Waals surface area contributed by atoms with Crippen LogP contribution in [0, 0.1) is 16.2 Å². The summed E-state index contributed by atoms with van der Waals surface area (Å²) in [6.45, 7) is 13.2. The summed E-state index contributed by atoms with van der Waals surface area (Å²) < 4.78 is 42.6. The van der Waals surface area contributed by atoms with Crippen molar-refractivity contribution in [3.05, 3.63) is 12.5 Å². The van der Waals surface area contributed by atoms with Crippen LogP contribution in [0.4, 0.5) is 5.95 Å². The molecule has 0 amide bonds. The van der Waals surface area contributed by atoms with Crippen molar-refractivity contribution in [2.24, 2.45) is 16.2 Å². The third kappa shape index (κ3) is 7.07. The Morgan fingerprint density at radius 2 is 1.55 bits per heavy atom. The molecule has 38 heavy (non-hydrogen) atoms. The van der Waals surface area contributed by atoms with Crippen molar-refractivity contribution in [2.45, 2.75) is 74.0 Å². The third-order valence-corrected chi connectivity index (χ3v) is 7.68. The van der Waals surface area contributed by atoms with Crippen molar-refractivity contribution >= 4 is 36.6 Å². The summed E-state index contributed by atoms with van der Waals surface area (Å²) in [5, 5.41) is 0. The molecule has 1 aliphatic rings. The minimum Gasteiger partial charge on any atom is -0.438 e. The lowest BCUT2D eigenvalue weighted by Crippen LogP contribution is -2.29. The fourth-order valence-electron chi connectivity index (χ4n) is 3.56. The van der Waals surface area contributed by atoms with Crippen LogP contribution in [0.2, 0.25) is 0 Å². The number of carbonyl (C=O) groups is 2. The SMILES string of the molecule is CC(C)(C)C(=O)OCOP(=O)(COC1(Cn2cnc3cnc(N)nc32)CC1(C)C)OCOC(=O)C(C)(C)C. The molecule has 2 heterocycles. The van der Waals surface area contributed by atoms with Crippen LogP contribution < -0.4 is 5.73 Å². The third-order valence-electron chi connectivity index (χ3n) is 6.24. The number of imidazole rings is 1. The summed E-state index contributed by atoms with van der Waals surface area (Å²) in [4.78, 5) is 36.8. The molecular weight excluding hydrogens is 517 g/mol. The molecule has 1 fully saturated rings. The highest BCUT2D eigenvalue weighted by Crippen LogP contribution is 2.61. The molecule has 0 spiro atoms. The van der Waals surface area contributed by atoms with Gasteiger partial charge in [0, 0.05) is 0 Å². The van der Waals surface area contributed by atoms with Gasteiger partial charge in [-0.1, -0.05) is 13.8 Å². The lowest BCUT2D eigenvalue weighted by atomic mass is 9.98. The van der Waals surface area contributed by atoms with E-state index >= 15 is 0 Å². The molecule has 0 radical (unpaired) electrons. The van der Waals surface area contributed by atoms with Gasteiger partial charge in [0.15, 0.2) is 5.65 Å². The minimum absolute atomic E-state index is 0.116. The van der Waals surface area contributed by atoms with Crippen LogP contribution in [0.25, 0.3) is 11.2 Å². The molecule has 0 saturated heterocycles. The summed E-state index contributed by atoms with van der Waals surface area (Å²) in [6, 6.07) is 0. The Balaban J connectivity index is 1.73. The van der Waals surface area contributed by atoms with Crippen LogP contribution in [-0.2, 0) is 44.0 Å². The average molecular weight is 556 g/mol. The minimum atomic E-state index is -4.04. The van der Waals surface area contributed by atoms with Gasteiger partial charge < -0.3 is 24.5 Å². The van der Waals surface area contributed by atoms with Crippen LogP contribution >= 0.6 is 7.60 Å². The normalized spacial score (nSPS) is 19.4. The number of hydrogen-bond donors (Lipinski definition) is 1. The molecule has 212 valence electrons. The topological polar surface area (TPSA) is 167 Å². The highest BCUT2D eigenvalue weighted by atomic mass is 31.2. The van der Waals surface area contributed by atoms with E-state index < -0.39 is 55.9 Å². The first-order valence-electron chi connectivity index (χ1n) is 12.2. The first-order chi connectivity index (χ1) is 17.4. The second-order valence-electron chi connectivity index (χ2n) is 12.1. The van der Waals surface area contributed by atoms with Gasteiger partial charge in [0.25, 0.3) is 0 Å². The van der Waals surface area contributed by atoms with E-state index in [-0.39, 0.29) is 11.4 Å². The summed E-state index contributed by atoms with van der Waals surface area (Å²) in [6.07, 6.45) is 3.31. The van der Waals surface area contributed by atoms with E-state index in [2.05, 4.69) is 15.0 Å². The molecule has 0 aromatic carbocycles. The Morgan fingerprint density at radius 1 is 1.03 bits per heavy atom. The summed E-state index contributed by atoms with van der Waals surface area (Å²) in [5.41, 5.74) is 4.26. The van der Waals surface area contributed by atoms with E-state index in [1.165, 1.54) is 6.20 Å². The van der Waals surface area contributed by atoms with Crippen molar-refractivity contribution < 1.29 is 37.4 Å². The van der Waals surface area contributed by atoms with Crippen molar-refractivity contribution in [1.82, 2.24) is 19.5 Å². The summed E-state index contributed by atoms with van der Waals surface area (Å²) >= 11 is 0. The summed E-state index contributed by atoms with van der Waals surface area (Å²) in [5.74, 6) is -0.973. The number of esters is 2. The fourth-order valence-corrected chi connectivity index (χ4v) is 4.61. The predicted octanol–water partition coefficient (Wildman–Crippen LogP) is 3.87. The molecule has 1 saturated carbocycles. The maximum Gasteiger partial charge on any atom is 0.361 e. The number of nitrogens with two attached hydrogens (primary N) is 1. The van der Waals surface area contributed by atoms with Gasteiger partial charge in [-0.25, -0.2) is 9.97 Å². The molecular formula is C24H38N5O8P. The molecule has 14 heteroatoms. The van der Waals surface area contributed by atoms with E-state index in [0.29, 0.717) is 24.1 Å². The Labute approximate surface area is 222 Å². The number of aromatic nitrogens is 4. The number of rotatable bonds is 11. The zero-order valence-corrected chi connectivity index (χ0v) is 24.2. The van der Waals surface area contributed by atoms with E-state index in [9.17, 15) is 14.2 Å². The van der Waals surface area contributed by atoms with Crippen LogP contribution in [0.1, 0.15) is 61.8 Å². The average Bonchev–Trinajstić information content (AvgIpc) is 3.11. The van der Waals surface area contributed by atoms with Crippen molar-refractivity contribution in [3.63, 3.8) is 0 Å². The molecule has 1 unspecified atom stereocenters. The maximum absolute atomic E-state index is 13.6. The van der Waals surface area contributed by atoms with Gasteiger partial charge in [0.1, 0.15) is 11.9 Å². The van der Waals surface area contributed by atoms with E-state index in [4.69, 9.17) is 29.0 Å². The van der Waals surface area contributed by atoms with Crippen molar-refractivity contribution in [1.29, 1.82) is 0 Å². The highest BCUT2D eigenvalue weighted by molar-refractivity contribution is 7.53. The molecule has 2 aromatic rings. The smallest absolute Gasteiger partial charge is 0.361 e. The molecule has 3 rings (SSSR count). The Hall–Kier alpha value is -2.60. The van der Waals surface area contributed by atoms with E-state index in [1.807, 2.05) is 13.8 Å². The zero-order chi connectivity index (χ0) is 28.6. The molecule has 13 nitrogen and oxygen atoms in total. The number of ether oxygens (including phenoxy) is 3. The summed E-state index contributed by atoms with van der Waals surface area (Å²) in [7, 11) is -4.04. The van der Waals surface area contributed by atoms with Gasteiger partial charge in [-0.15, -0.1) is 0 Å². The number of hydrogen-bond acceptors (Lipinski definition) is 12. The van der Waals surface area contributed by atoms with Crippen LogP contribution in [-0.4, -0.2) is 57.0 Å². The monoisotopic (exact) mass is 555 g/mol. The lowest BCUT2D eigenvalue weighted by Gasteiger charge is -2.26. The standard InChI is InChI=1S/C24H38N5O8P/c1-21(2,3)18(30)33-13-36-38(32,37-14-34-19(31)22(4,5)6)15-35-24(10-23(24,7)8)11-29-12-27-16-9-26-20(25)28-17(16)29/h9,12H,10-11,13-15H2,1-8H3,(H2,25,26,28). The molecule has 1 aliphatic carbocycles. The predicted molar refractivity (Wildman–Crippen MR) is 137 cm³/mol. The first-order valence-corrected chi connectivity index (χ1v) is 13.9. The zero-order valence-electron chi connectivity index (χ0n) is 23.3. The molecule has 0 aliphatic heterocycles. The first kappa shape index (κ1) is 29.9. The largest absolute Gasteiger partial charge is 0.438 e. The quantitative estimate of drug-likeness (QED) is 0.242. The van der Waals surface area contributed by atoms with Crippen molar-refractivity contribution in [3.8, 4) is 0 Å². The highest BCUT2D eigenvalue weighted by Gasteiger charge is 2.63. The van der Waals surface area contributed by atoms with Crippen LogP contribution in [0.5, 0.6) is 0 Å². The number of anilines is 1. The molecule has 0 bridgehead atoms. The van der Waals surface area contributed by atoms with E-state index in [0.717, 1.165) is 0 Å². The Bertz CT molecular complexity index is 1200. The molecule has 1 atom stereocenters. The fraction of sp³-hybridized carbons (Fsp3) is 0.708.